The second kappa shape index (κ2) is 7.00. The van der Waals surface area contributed by atoms with Crippen molar-refractivity contribution in [2.24, 2.45) is 0 Å². The Labute approximate surface area is 158 Å². The van der Waals surface area contributed by atoms with Crippen molar-refractivity contribution in [1.82, 2.24) is 24.8 Å². The van der Waals surface area contributed by atoms with Gasteiger partial charge in [0.25, 0.3) is 0 Å². The van der Waals surface area contributed by atoms with Crippen LogP contribution in [0.4, 0.5) is 0 Å². The lowest BCUT2D eigenvalue weighted by atomic mass is 9.92. The molecule has 26 heavy (non-hydrogen) atoms. The minimum absolute atomic E-state index is 0.285. The maximum Gasteiger partial charge on any atom is 0.170 e. The fourth-order valence-corrected chi connectivity index (χ4v) is 4.68. The monoisotopic (exact) mass is 367 g/mol. The molecule has 4 heterocycles. The number of piperidine rings is 1. The van der Waals surface area contributed by atoms with Crippen LogP contribution < -0.4 is 0 Å². The highest BCUT2D eigenvalue weighted by molar-refractivity contribution is 7.18. The molecule has 136 valence electrons. The van der Waals surface area contributed by atoms with Gasteiger partial charge in [-0.05, 0) is 65.3 Å². The number of pyridine rings is 1. The smallest absolute Gasteiger partial charge is 0.170 e. The Hall–Kier alpha value is -1.92. The van der Waals surface area contributed by atoms with E-state index in [2.05, 4.69) is 46.9 Å². The van der Waals surface area contributed by atoms with Crippen molar-refractivity contribution < 1.29 is 0 Å². The summed E-state index contributed by atoms with van der Waals surface area (Å²) in [6, 6.07) is 6.76. The minimum atomic E-state index is 0.285. The number of rotatable bonds is 3. The van der Waals surface area contributed by atoms with Crippen molar-refractivity contribution in [2.75, 3.05) is 13.1 Å². The lowest BCUT2D eigenvalue weighted by Crippen LogP contribution is -2.37. The van der Waals surface area contributed by atoms with Gasteiger partial charge in [0.1, 0.15) is 5.82 Å². The van der Waals surface area contributed by atoms with Crippen molar-refractivity contribution in [3.63, 3.8) is 0 Å². The van der Waals surface area contributed by atoms with Gasteiger partial charge in [0.15, 0.2) is 5.65 Å². The molecular weight excluding hydrogens is 342 g/mol. The van der Waals surface area contributed by atoms with E-state index in [1.54, 1.807) is 11.3 Å². The highest BCUT2D eigenvalue weighted by atomic mass is 32.1. The summed E-state index contributed by atoms with van der Waals surface area (Å²) in [6.07, 6.45) is 2.38. The largest absolute Gasteiger partial charge is 0.294 e. The molecule has 5 nitrogen and oxygen atoms in total. The molecule has 2 atom stereocenters. The van der Waals surface area contributed by atoms with E-state index in [0.29, 0.717) is 5.92 Å². The summed E-state index contributed by atoms with van der Waals surface area (Å²) in [7, 11) is 0. The van der Waals surface area contributed by atoms with Gasteiger partial charge in [-0.2, -0.15) is 0 Å². The molecule has 0 spiro atoms. The first kappa shape index (κ1) is 17.5. The van der Waals surface area contributed by atoms with Crippen molar-refractivity contribution in [3.8, 4) is 0 Å². The summed E-state index contributed by atoms with van der Waals surface area (Å²) < 4.78 is 1.17. The second-order valence-electron chi connectivity index (χ2n) is 7.28. The maximum absolute atomic E-state index is 4.83. The summed E-state index contributed by atoms with van der Waals surface area (Å²) >= 11 is 1.71. The van der Waals surface area contributed by atoms with Gasteiger partial charge in [-0.25, -0.2) is 19.9 Å². The van der Waals surface area contributed by atoms with Gasteiger partial charge in [-0.15, -0.1) is 11.3 Å². The Bertz CT molecular complexity index is 915. The number of aryl methyl sites for hydroxylation is 3. The second-order valence-corrected chi connectivity index (χ2v) is 8.52. The van der Waals surface area contributed by atoms with Crippen LogP contribution in [-0.4, -0.2) is 37.9 Å². The predicted octanol–water partition coefficient (Wildman–Crippen LogP) is 4.35. The molecule has 0 N–H and O–H groups in total. The zero-order valence-electron chi connectivity index (χ0n) is 15.9. The van der Waals surface area contributed by atoms with E-state index in [1.807, 2.05) is 13.8 Å². The Morgan fingerprint density at radius 3 is 2.77 bits per heavy atom. The fraction of sp³-hybridized carbons (Fsp3) is 0.500. The Morgan fingerprint density at radius 1 is 1.12 bits per heavy atom. The van der Waals surface area contributed by atoms with Crippen LogP contribution in [-0.2, 0) is 0 Å². The van der Waals surface area contributed by atoms with Crippen LogP contribution >= 0.6 is 11.3 Å². The molecule has 0 aromatic carbocycles. The van der Waals surface area contributed by atoms with E-state index in [1.165, 1.54) is 23.2 Å². The van der Waals surface area contributed by atoms with Crippen LogP contribution in [0.25, 0.3) is 10.3 Å². The lowest BCUT2D eigenvalue weighted by Gasteiger charge is -2.36. The van der Waals surface area contributed by atoms with E-state index >= 15 is 0 Å². The molecule has 0 aliphatic carbocycles. The van der Waals surface area contributed by atoms with Crippen LogP contribution in [0, 0.1) is 20.8 Å². The molecule has 3 aromatic heterocycles. The number of nitrogens with zero attached hydrogens (tertiary/aromatic N) is 5. The van der Waals surface area contributed by atoms with Gasteiger partial charge in [0.05, 0.1) is 15.4 Å². The van der Waals surface area contributed by atoms with Gasteiger partial charge in [-0.1, -0.05) is 0 Å². The molecule has 0 saturated carbocycles. The number of thiazole rings is 1. The molecular formula is C20H25N5S. The number of likely N-dealkylation sites (tertiary alicyclic amines) is 1. The van der Waals surface area contributed by atoms with Crippen LogP contribution in [0.1, 0.15) is 59.6 Å². The van der Waals surface area contributed by atoms with E-state index in [-0.39, 0.29) is 6.04 Å². The van der Waals surface area contributed by atoms with Crippen molar-refractivity contribution >= 4 is 21.7 Å². The first-order valence-corrected chi connectivity index (χ1v) is 10.1. The lowest BCUT2D eigenvalue weighted by molar-refractivity contribution is 0.154. The molecule has 1 aliphatic rings. The normalized spacial score (nSPS) is 19.8. The summed E-state index contributed by atoms with van der Waals surface area (Å²) in [4.78, 5) is 21.0. The molecule has 1 aliphatic heterocycles. The third-order valence-electron chi connectivity index (χ3n) is 5.21. The van der Waals surface area contributed by atoms with Crippen molar-refractivity contribution in [1.29, 1.82) is 0 Å². The Morgan fingerprint density at radius 2 is 1.96 bits per heavy atom. The Kier molecular flexibility index (Phi) is 4.71. The van der Waals surface area contributed by atoms with Gasteiger partial charge >= 0.3 is 0 Å². The summed E-state index contributed by atoms with van der Waals surface area (Å²) in [6.45, 7) is 10.5. The zero-order chi connectivity index (χ0) is 18.3. The van der Waals surface area contributed by atoms with Crippen molar-refractivity contribution in [2.45, 2.75) is 52.5 Å². The Balaban J connectivity index is 1.56. The first-order valence-electron chi connectivity index (χ1n) is 9.30. The average molecular weight is 368 g/mol. The van der Waals surface area contributed by atoms with Gasteiger partial charge in [0.2, 0.25) is 0 Å². The molecule has 0 amide bonds. The third-order valence-corrected chi connectivity index (χ3v) is 6.14. The minimum Gasteiger partial charge on any atom is -0.294 e. The highest BCUT2D eigenvalue weighted by Crippen LogP contribution is 2.32. The molecule has 1 fully saturated rings. The number of hydrogen-bond acceptors (Lipinski definition) is 6. The summed E-state index contributed by atoms with van der Waals surface area (Å²) in [5.41, 5.74) is 4.24. The van der Waals surface area contributed by atoms with Crippen LogP contribution in [0.3, 0.4) is 0 Å². The number of aromatic nitrogens is 4. The van der Waals surface area contributed by atoms with Crippen molar-refractivity contribution in [3.05, 3.63) is 46.1 Å². The molecule has 6 heteroatoms. The third kappa shape index (κ3) is 3.48. The molecule has 4 rings (SSSR count). The summed E-state index contributed by atoms with van der Waals surface area (Å²) in [5.74, 6) is 1.34. The molecule has 1 saturated heterocycles. The van der Waals surface area contributed by atoms with E-state index in [9.17, 15) is 0 Å². The first-order chi connectivity index (χ1) is 12.5. The highest BCUT2D eigenvalue weighted by Gasteiger charge is 2.27. The van der Waals surface area contributed by atoms with E-state index in [0.717, 1.165) is 41.0 Å². The SMILES string of the molecule is Cc1cc([C@H]2CCCN([C@@H](C)c3ccc4sc(C)nc4n3)C2)nc(C)n1. The average Bonchev–Trinajstić information content (AvgIpc) is 2.99. The quantitative estimate of drug-likeness (QED) is 0.689. The van der Waals surface area contributed by atoms with Gasteiger partial charge in [-0.3, -0.25) is 4.90 Å². The van der Waals surface area contributed by atoms with Crippen LogP contribution in [0.5, 0.6) is 0 Å². The number of fused-ring (bicyclic) bond motifs is 1. The van der Waals surface area contributed by atoms with E-state index < -0.39 is 0 Å². The molecule has 3 aromatic rings. The van der Waals surface area contributed by atoms with E-state index in [4.69, 9.17) is 9.97 Å². The maximum atomic E-state index is 4.83. The van der Waals surface area contributed by atoms with Crippen LogP contribution in [0.15, 0.2) is 18.2 Å². The number of hydrogen-bond donors (Lipinski definition) is 0. The van der Waals surface area contributed by atoms with Crippen LogP contribution in [0.2, 0.25) is 0 Å². The van der Waals surface area contributed by atoms with Gasteiger partial charge < -0.3 is 0 Å². The molecule has 0 radical (unpaired) electrons. The zero-order valence-corrected chi connectivity index (χ0v) is 16.7. The predicted molar refractivity (Wildman–Crippen MR) is 106 cm³/mol. The standard InChI is InChI=1S/C20H25N5S/c1-12-10-18(22-14(3)21-12)16-6-5-9-25(11-16)13(2)17-7-8-19-20(24-17)23-15(4)26-19/h7-8,10,13,16H,5-6,9,11H2,1-4H3/t13-,16-/m0/s1. The molecule has 0 unspecified atom stereocenters. The van der Waals surface area contributed by atoms with Gasteiger partial charge in [0, 0.05) is 29.9 Å². The fourth-order valence-electron chi connectivity index (χ4n) is 3.92. The molecule has 0 bridgehead atoms. The topological polar surface area (TPSA) is 54.8 Å². The summed E-state index contributed by atoms with van der Waals surface area (Å²) in [5, 5.41) is 1.07.